The second kappa shape index (κ2) is 7.46. The summed E-state index contributed by atoms with van der Waals surface area (Å²) in [4.78, 5) is 17.2. The smallest absolute Gasteiger partial charge is 0.226 e. The van der Waals surface area contributed by atoms with Gasteiger partial charge in [-0.3, -0.25) is 4.79 Å². The van der Waals surface area contributed by atoms with Crippen LogP contribution in [0.4, 0.5) is 5.82 Å². The first-order valence-corrected chi connectivity index (χ1v) is 10.5. The van der Waals surface area contributed by atoms with Crippen LogP contribution < -0.4 is 14.8 Å². The lowest BCUT2D eigenvalue weighted by atomic mass is 9.87. The molecule has 1 aliphatic rings. The van der Waals surface area contributed by atoms with Gasteiger partial charge in [0, 0.05) is 17.9 Å². The Morgan fingerprint density at radius 1 is 1.20 bits per heavy atom. The van der Waals surface area contributed by atoms with Gasteiger partial charge in [0.05, 0.1) is 30.1 Å². The number of nitrogens with one attached hydrogen (secondary N) is 1. The molecule has 0 saturated heterocycles. The zero-order valence-electron chi connectivity index (χ0n) is 16.6. The predicted molar refractivity (Wildman–Crippen MR) is 116 cm³/mol. The maximum absolute atomic E-state index is 12.5. The number of hydrogen-bond acceptors (Lipinski definition) is 6. The van der Waals surface area contributed by atoms with E-state index >= 15 is 0 Å². The fourth-order valence-electron chi connectivity index (χ4n) is 3.74. The molecule has 152 valence electrons. The van der Waals surface area contributed by atoms with E-state index in [0.29, 0.717) is 24.0 Å². The quantitative estimate of drug-likeness (QED) is 0.519. The Bertz CT molecular complexity index is 1230. The second-order valence-electron chi connectivity index (χ2n) is 7.00. The minimum absolute atomic E-state index is 0.0362. The van der Waals surface area contributed by atoms with E-state index in [9.17, 15) is 4.79 Å². The van der Waals surface area contributed by atoms with Crippen molar-refractivity contribution in [2.75, 3.05) is 19.0 Å². The second-order valence-corrected chi connectivity index (χ2v) is 8.01. The van der Waals surface area contributed by atoms with Crippen molar-refractivity contribution >= 4 is 33.3 Å². The minimum atomic E-state index is -0.0624. The van der Waals surface area contributed by atoms with Gasteiger partial charge in [-0.05, 0) is 42.8 Å². The Morgan fingerprint density at radius 3 is 2.77 bits per heavy atom. The zero-order chi connectivity index (χ0) is 20.7. The molecular formula is C22H20N4O3S. The number of aromatic nitrogens is 3. The Balaban J connectivity index is 1.54. The summed E-state index contributed by atoms with van der Waals surface area (Å²) in [5.41, 5.74) is 2.91. The van der Waals surface area contributed by atoms with Crippen LogP contribution in [0.25, 0.3) is 15.3 Å². The SMILES string of the molecule is CCOc1ccc([C@H]2CC(=O)Nc3c2cnn3-c2nc3ccc(OC)cc3s2)cc1. The highest BCUT2D eigenvalue weighted by Gasteiger charge is 2.31. The highest BCUT2D eigenvalue weighted by atomic mass is 32.1. The molecule has 0 fully saturated rings. The number of carbonyl (C=O) groups is 1. The number of hydrogen-bond donors (Lipinski definition) is 1. The van der Waals surface area contributed by atoms with Crippen LogP contribution in [0.15, 0.2) is 48.7 Å². The van der Waals surface area contributed by atoms with Crippen LogP contribution in [0.3, 0.4) is 0 Å². The maximum atomic E-state index is 12.5. The molecule has 0 bridgehead atoms. The summed E-state index contributed by atoms with van der Waals surface area (Å²) in [6.07, 6.45) is 2.20. The maximum Gasteiger partial charge on any atom is 0.226 e. The number of amides is 1. The molecule has 4 aromatic rings. The molecule has 3 heterocycles. The number of benzene rings is 2. The average Bonchev–Trinajstić information content (AvgIpc) is 3.37. The summed E-state index contributed by atoms with van der Waals surface area (Å²) in [6, 6.07) is 13.7. The minimum Gasteiger partial charge on any atom is -0.497 e. The lowest BCUT2D eigenvalue weighted by molar-refractivity contribution is -0.116. The van der Waals surface area contributed by atoms with E-state index in [0.717, 1.165) is 32.8 Å². The number of ether oxygens (including phenoxy) is 2. The number of fused-ring (bicyclic) bond motifs is 2. The van der Waals surface area contributed by atoms with Crippen molar-refractivity contribution < 1.29 is 14.3 Å². The Kier molecular flexibility index (Phi) is 4.63. The highest BCUT2D eigenvalue weighted by Crippen LogP contribution is 2.39. The first-order chi connectivity index (χ1) is 14.7. The molecule has 1 amide bonds. The van der Waals surface area contributed by atoms with Crippen molar-refractivity contribution in [1.29, 1.82) is 0 Å². The molecule has 2 aromatic carbocycles. The molecule has 7 nitrogen and oxygen atoms in total. The molecule has 5 rings (SSSR count). The molecule has 1 N–H and O–H groups in total. The molecular weight excluding hydrogens is 400 g/mol. The number of thiazole rings is 1. The summed E-state index contributed by atoms with van der Waals surface area (Å²) in [6.45, 7) is 2.58. The third kappa shape index (κ3) is 3.19. The zero-order valence-corrected chi connectivity index (χ0v) is 17.4. The fraction of sp³-hybridized carbons (Fsp3) is 0.227. The number of rotatable bonds is 5. The molecule has 0 unspecified atom stereocenters. The van der Waals surface area contributed by atoms with Gasteiger partial charge in [-0.1, -0.05) is 23.5 Å². The molecule has 0 saturated carbocycles. The Labute approximate surface area is 177 Å². The van der Waals surface area contributed by atoms with Crippen molar-refractivity contribution in [3.05, 3.63) is 59.8 Å². The van der Waals surface area contributed by atoms with E-state index in [1.807, 2.05) is 55.6 Å². The summed E-state index contributed by atoms with van der Waals surface area (Å²) in [5, 5.41) is 8.24. The standard InChI is InChI=1S/C22H20N4O3S/c1-3-29-14-6-4-13(5-7-14)16-11-20(27)25-21-17(16)12-23-26(21)22-24-18-9-8-15(28-2)10-19(18)30-22/h4-10,12,16H,3,11H2,1-2H3,(H,25,27)/t16-/m1/s1. The van der Waals surface area contributed by atoms with E-state index < -0.39 is 0 Å². The molecule has 0 aliphatic carbocycles. The van der Waals surface area contributed by atoms with E-state index in [4.69, 9.17) is 9.47 Å². The van der Waals surface area contributed by atoms with Gasteiger partial charge in [0.2, 0.25) is 11.0 Å². The third-order valence-electron chi connectivity index (χ3n) is 5.18. The molecule has 0 spiro atoms. The first kappa shape index (κ1) is 18.6. The van der Waals surface area contributed by atoms with Gasteiger partial charge in [-0.25, -0.2) is 4.98 Å². The van der Waals surface area contributed by atoms with E-state index in [-0.39, 0.29) is 11.8 Å². The van der Waals surface area contributed by atoms with Gasteiger partial charge in [-0.2, -0.15) is 9.78 Å². The van der Waals surface area contributed by atoms with Crippen LogP contribution in [0, 0.1) is 0 Å². The monoisotopic (exact) mass is 420 g/mol. The lowest BCUT2D eigenvalue weighted by Gasteiger charge is -2.23. The van der Waals surface area contributed by atoms with Gasteiger partial charge in [-0.15, -0.1) is 0 Å². The van der Waals surface area contributed by atoms with Gasteiger partial charge >= 0.3 is 0 Å². The van der Waals surface area contributed by atoms with Crippen LogP contribution in [0.2, 0.25) is 0 Å². The number of methoxy groups -OCH3 is 1. The summed E-state index contributed by atoms with van der Waals surface area (Å²) in [7, 11) is 1.64. The van der Waals surface area contributed by atoms with Gasteiger partial charge < -0.3 is 14.8 Å². The molecule has 1 atom stereocenters. The van der Waals surface area contributed by atoms with Gasteiger partial charge in [0.25, 0.3) is 0 Å². The Hall–Kier alpha value is -3.39. The topological polar surface area (TPSA) is 78.3 Å². The van der Waals surface area contributed by atoms with Crippen molar-refractivity contribution in [3.8, 4) is 16.6 Å². The number of anilines is 1. The highest BCUT2D eigenvalue weighted by molar-refractivity contribution is 7.20. The molecule has 1 aliphatic heterocycles. The van der Waals surface area contributed by atoms with Crippen LogP contribution in [0.5, 0.6) is 11.5 Å². The van der Waals surface area contributed by atoms with Crippen LogP contribution in [-0.4, -0.2) is 34.4 Å². The summed E-state index contributed by atoms with van der Waals surface area (Å²) < 4.78 is 13.6. The molecule has 2 aromatic heterocycles. The van der Waals surface area contributed by atoms with Crippen molar-refractivity contribution in [3.63, 3.8) is 0 Å². The van der Waals surface area contributed by atoms with Crippen LogP contribution in [-0.2, 0) is 4.79 Å². The lowest BCUT2D eigenvalue weighted by Crippen LogP contribution is -2.24. The summed E-state index contributed by atoms with van der Waals surface area (Å²) >= 11 is 1.50. The van der Waals surface area contributed by atoms with Crippen LogP contribution >= 0.6 is 11.3 Å². The summed E-state index contributed by atoms with van der Waals surface area (Å²) in [5.74, 6) is 2.18. The van der Waals surface area contributed by atoms with Gasteiger partial charge in [0.15, 0.2) is 0 Å². The fourth-order valence-corrected chi connectivity index (χ4v) is 4.69. The predicted octanol–water partition coefficient (Wildman–Crippen LogP) is 4.36. The molecule has 0 radical (unpaired) electrons. The number of carbonyl (C=O) groups excluding carboxylic acids is 1. The Morgan fingerprint density at radius 2 is 2.00 bits per heavy atom. The van der Waals surface area contributed by atoms with Gasteiger partial charge in [0.1, 0.15) is 17.3 Å². The molecule has 30 heavy (non-hydrogen) atoms. The largest absolute Gasteiger partial charge is 0.497 e. The van der Waals surface area contributed by atoms with Crippen molar-refractivity contribution in [2.45, 2.75) is 19.3 Å². The van der Waals surface area contributed by atoms with Crippen molar-refractivity contribution in [1.82, 2.24) is 14.8 Å². The van der Waals surface area contributed by atoms with E-state index in [2.05, 4.69) is 15.4 Å². The van der Waals surface area contributed by atoms with Crippen molar-refractivity contribution in [2.24, 2.45) is 0 Å². The first-order valence-electron chi connectivity index (χ1n) is 9.71. The van der Waals surface area contributed by atoms with E-state index in [1.165, 1.54) is 11.3 Å². The number of nitrogens with zero attached hydrogens (tertiary/aromatic N) is 3. The average molecular weight is 420 g/mol. The third-order valence-corrected chi connectivity index (χ3v) is 6.17. The normalized spacial score (nSPS) is 15.7. The molecule has 8 heteroatoms. The van der Waals surface area contributed by atoms with E-state index in [1.54, 1.807) is 11.8 Å². The van der Waals surface area contributed by atoms with Crippen LogP contribution in [0.1, 0.15) is 30.4 Å².